The van der Waals surface area contributed by atoms with E-state index in [1.807, 2.05) is 6.07 Å². The molecule has 1 aromatic heterocycles. The van der Waals surface area contributed by atoms with Crippen LogP contribution in [0.3, 0.4) is 0 Å². The van der Waals surface area contributed by atoms with E-state index in [9.17, 15) is 0 Å². The van der Waals surface area contributed by atoms with E-state index in [0.717, 1.165) is 30.2 Å². The summed E-state index contributed by atoms with van der Waals surface area (Å²) in [6.07, 6.45) is 5.52. The summed E-state index contributed by atoms with van der Waals surface area (Å²) < 4.78 is 0. The first-order chi connectivity index (χ1) is 7.88. The van der Waals surface area contributed by atoms with E-state index in [4.69, 9.17) is 5.11 Å². The van der Waals surface area contributed by atoms with E-state index >= 15 is 0 Å². The van der Waals surface area contributed by atoms with E-state index in [1.165, 1.54) is 19.3 Å². The minimum atomic E-state index is 0.0609. The fourth-order valence-corrected chi connectivity index (χ4v) is 2.73. The number of nitrogens with zero attached hydrogens (tertiary/aromatic N) is 2. The maximum absolute atomic E-state index is 9.12. The van der Waals surface area contributed by atoms with Gasteiger partial charge in [-0.2, -0.15) is 0 Å². The van der Waals surface area contributed by atoms with Crippen LogP contribution in [0.4, 0.5) is 11.5 Å². The zero-order valence-corrected chi connectivity index (χ0v) is 9.32. The lowest BCUT2D eigenvalue weighted by atomic mass is 10.1. The smallest absolute Gasteiger partial charge is 0.152 e. The maximum Gasteiger partial charge on any atom is 0.152 e. The van der Waals surface area contributed by atoms with Gasteiger partial charge in [-0.25, -0.2) is 4.98 Å². The third-order valence-electron chi connectivity index (χ3n) is 3.55. The van der Waals surface area contributed by atoms with Gasteiger partial charge in [0.1, 0.15) is 0 Å². The van der Waals surface area contributed by atoms with Crippen LogP contribution < -0.4 is 10.2 Å². The normalized spacial score (nSPS) is 23.3. The summed E-state index contributed by atoms with van der Waals surface area (Å²) in [7, 11) is 0. The van der Waals surface area contributed by atoms with Gasteiger partial charge in [0.15, 0.2) is 5.82 Å². The summed E-state index contributed by atoms with van der Waals surface area (Å²) >= 11 is 0. The molecular weight excluding hydrogens is 202 g/mol. The molecule has 1 fully saturated rings. The van der Waals surface area contributed by atoms with Crippen molar-refractivity contribution in [2.45, 2.75) is 31.9 Å². The maximum atomic E-state index is 9.12. The Labute approximate surface area is 95.3 Å². The molecule has 0 aliphatic carbocycles. The van der Waals surface area contributed by atoms with Gasteiger partial charge in [0, 0.05) is 25.3 Å². The van der Waals surface area contributed by atoms with Crippen molar-refractivity contribution >= 4 is 11.5 Å². The second-order valence-corrected chi connectivity index (χ2v) is 4.58. The number of pyridine rings is 1. The van der Waals surface area contributed by atoms with Crippen molar-refractivity contribution in [3.63, 3.8) is 0 Å². The quantitative estimate of drug-likeness (QED) is 0.748. The molecule has 2 N–H and O–H groups in total. The molecule has 1 atom stereocenters. The Balaban J connectivity index is 2.01. The first-order valence-corrected chi connectivity index (χ1v) is 5.99. The number of aliphatic hydroxyl groups excluding tert-OH is 1. The van der Waals surface area contributed by atoms with Gasteiger partial charge in [-0.1, -0.05) is 0 Å². The predicted octanol–water partition coefficient (Wildman–Crippen LogP) is 1.36. The Morgan fingerprint density at radius 3 is 3.31 bits per heavy atom. The molecule has 1 saturated heterocycles. The standard InChI is InChI=1S/C12H17N3O/c16-8-9-6-11-12(14-7-9)15-5-1-2-10(15)3-4-13-11/h6-7,10,13,16H,1-5,8H2. The van der Waals surface area contributed by atoms with Crippen molar-refractivity contribution in [3.05, 3.63) is 17.8 Å². The molecule has 0 radical (unpaired) electrons. The molecule has 86 valence electrons. The minimum Gasteiger partial charge on any atom is -0.392 e. The Bertz CT molecular complexity index is 394. The zero-order chi connectivity index (χ0) is 11.0. The molecule has 16 heavy (non-hydrogen) atoms. The largest absolute Gasteiger partial charge is 0.392 e. The molecule has 0 bridgehead atoms. The molecule has 2 aliphatic rings. The first-order valence-electron chi connectivity index (χ1n) is 5.99. The summed E-state index contributed by atoms with van der Waals surface area (Å²) in [6.45, 7) is 2.18. The topological polar surface area (TPSA) is 48.4 Å². The fraction of sp³-hybridized carbons (Fsp3) is 0.583. The number of hydrogen-bond acceptors (Lipinski definition) is 4. The Hall–Kier alpha value is -1.29. The van der Waals surface area contributed by atoms with Crippen molar-refractivity contribution < 1.29 is 5.11 Å². The van der Waals surface area contributed by atoms with Crippen LogP contribution in [0, 0.1) is 0 Å². The van der Waals surface area contributed by atoms with Crippen LogP contribution in [0.25, 0.3) is 0 Å². The van der Waals surface area contributed by atoms with Gasteiger partial charge in [0.25, 0.3) is 0 Å². The highest BCUT2D eigenvalue weighted by molar-refractivity contribution is 5.68. The van der Waals surface area contributed by atoms with Crippen LogP contribution in [0.15, 0.2) is 12.3 Å². The molecule has 1 unspecified atom stereocenters. The lowest BCUT2D eigenvalue weighted by molar-refractivity contribution is 0.281. The molecule has 3 rings (SSSR count). The Morgan fingerprint density at radius 1 is 1.50 bits per heavy atom. The molecule has 1 aromatic rings. The Morgan fingerprint density at radius 2 is 2.44 bits per heavy atom. The van der Waals surface area contributed by atoms with Gasteiger partial charge in [-0.15, -0.1) is 0 Å². The van der Waals surface area contributed by atoms with Crippen molar-refractivity contribution in [2.75, 3.05) is 23.3 Å². The molecule has 2 aliphatic heterocycles. The van der Waals surface area contributed by atoms with Crippen molar-refractivity contribution in [1.29, 1.82) is 0 Å². The summed E-state index contributed by atoms with van der Waals surface area (Å²) in [6, 6.07) is 2.67. The second kappa shape index (κ2) is 3.94. The number of fused-ring (bicyclic) bond motifs is 3. The molecule has 0 aromatic carbocycles. The van der Waals surface area contributed by atoms with Crippen LogP contribution >= 0.6 is 0 Å². The average Bonchev–Trinajstić information content (AvgIpc) is 2.71. The van der Waals surface area contributed by atoms with Crippen molar-refractivity contribution in [3.8, 4) is 0 Å². The van der Waals surface area contributed by atoms with Gasteiger partial charge >= 0.3 is 0 Å². The second-order valence-electron chi connectivity index (χ2n) is 4.58. The number of aliphatic hydroxyl groups is 1. The zero-order valence-electron chi connectivity index (χ0n) is 9.32. The number of hydrogen-bond donors (Lipinski definition) is 2. The molecule has 0 spiro atoms. The molecule has 4 heteroatoms. The van der Waals surface area contributed by atoms with Crippen LogP contribution in [0.1, 0.15) is 24.8 Å². The molecule has 0 amide bonds. The first kappa shape index (κ1) is 9.90. The van der Waals surface area contributed by atoms with Gasteiger partial charge in [-0.3, -0.25) is 0 Å². The number of aromatic nitrogens is 1. The Kier molecular flexibility index (Phi) is 2.44. The van der Waals surface area contributed by atoms with Crippen molar-refractivity contribution in [2.24, 2.45) is 0 Å². The lowest BCUT2D eigenvalue weighted by Gasteiger charge is -2.24. The lowest BCUT2D eigenvalue weighted by Crippen LogP contribution is -2.29. The average molecular weight is 219 g/mol. The number of rotatable bonds is 1. The summed E-state index contributed by atoms with van der Waals surface area (Å²) in [5, 5.41) is 12.5. The predicted molar refractivity (Wildman–Crippen MR) is 63.6 cm³/mol. The SMILES string of the molecule is OCc1cnc2c(c1)NCCC1CCCN21. The molecular formula is C12H17N3O. The monoisotopic (exact) mass is 219 g/mol. The van der Waals surface area contributed by atoms with Gasteiger partial charge < -0.3 is 15.3 Å². The summed E-state index contributed by atoms with van der Waals surface area (Å²) in [5.74, 6) is 1.07. The van der Waals surface area contributed by atoms with E-state index < -0.39 is 0 Å². The van der Waals surface area contributed by atoms with E-state index in [0.29, 0.717) is 6.04 Å². The van der Waals surface area contributed by atoms with E-state index in [1.54, 1.807) is 6.20 Å². The highest BCUT2D eigenvalue weighted by atomic mass is 16.3. The van der Waals surface area contributed by atoms with Crippen LogP contribution in [0.2, 0.25) is 0 Å². The van der Waals surface area contributed by atoms with Gasteiger partial charge in [0.05, 0.1) is 12.3 Å². The van der Waals surface area contributed by atoms with Crippen LogP contribution in [-0.4, -0.2) is 29.2 Å². The summed E-state index contributed by atoms with van der Waals surface area (Å²) in [5.41, 5.74) is 1.96. The van der Waals surface area contributed by atoms with Crippen LogP contribution in [-0.2, 0) is 6.61 Å². The van der Waals surface area contributed by atoms with E-state index in [-0.39, 0.29) is 6.61 Å². The third kappa shape index (κ3) is 1.53. The van der Waals surface area contributed by atoms with E-state index in [2.05, 4.69) is 15.2 Å². The minimum absolute atomic E-state index is 0.0609. The molecule has 3 heterocycles. The number of nitrogens with one attached hydrogen (secondary N) is 1. The third-order valence-corrected chi connectivity index (χ3v) is 3.55. The highest BCUT2D eigenvalue weighted by Crippen LogP contribution is 2.34. The molecule has 4 nitrogen and oxygen atoms in total. The fourth-order valence-electron chi connectivity index (χ4n) is 2.73. The highest BCUT2D eigenvalue weighted by Gasteiger charge is 2.29. The van der Waals surface area contributed by atoms with Crippen LogP contribution in [0.5, 0.6) is 0 Å². The van der Waals surface area contributed by atoms with Crippen molar-refractivity contribution in [1.82, 2.24) is 4.98 Å². The number of anilines is 2. The van der Waals surface area contributed by atoms with Gasteiger partial charge in [-0.05, 0) is 30.9 Å². The summed E-state index contributed by atoms with van der Waals surface area (Å²) in [4.78, 5) is 6.91. The van der Waals surface area contributed by atoms with Gasteiger partial charge in [0.2, 0.25) is 0 Å². The molecule has 0 saturated carbocycles.